The number of ether oxygens (including phenoxy) is 1. The van der Waals surface area contributed by atoms with Gasteiger partial charge in [-0.15, -0.1) is 0 Å². The van der Waals surface area contributed by atoms with Gasteiger partial charge in [-0.25, -0.2) is 9.59 Å². The first-order valence-corrected chi connectivity index (χ1v) is 12.5. The summed E-state index contributed by atoms with van der Waals surface area (Å²) in [5.74, 6) is -0.537. The molecule has 1 fully saturated rings. The summed E-state index contributed by atoms with van der Waals surface area (Å²) in [7, 11) is 1.62. The van der Waals surface area contributed by atoms with E-state index in [-0.39, 0.29) is 23.6 Å². The first-order valence-electron chi connectivity index (χ1n) is 11.8. The van der Waals surface area contributed by atoms with Crippen LogP contribution in [0.1, 0.15) is 28.9 Å². The van der Waals surface area contributed by atoms with Crippen LogP contribution in [0.2, 0.25) is 10.0 Å². The van der Waals surface area contributed by atoms with E-state index in [9.17, 15) is 14.4 Å². The number of hydrogen-bond donors (Lipinski definition) is 1. The lowest BCUT2D eigenvalue weighted by atomic mass is 9.94. The van der Waals surface area contributed by atoms with Crippen LogP contribution >= 0.6 is 23.2 Å². The molecule has 8 nitrogen and oxygen atoms in total. The molecule has 2 aromatic rings. The minimum atomic E-state index is -0.810. The van der Waals surface area contributed by atoms with Crippen LogP contribution < -0.4 is 5.32 Å². The Morgan fingerprint density at radius 2 is 1.72 bits per heavy atom. The van der Waals surface area contributed by atoms with E-state index in [2.05, 4.69) is 10.2 Å². The van der Waals surface area contributed by atoms with Gasteiger partial charge in [-0.3, -0.25) is 14.6 Å². The fourth-order valence-electron chi connectivity index (χ4n) is 4.46. The van der Waals surface area contributed by atoms with Crippen molar-refractivity contribution in [3.8, 4) is 0 Å². The van der Waals surface area contributed by atoms with Gasteiger partial charge in [-0.1, -0.05) is 53.5 Å². The number of benzene rings is 2. The van der Waals surface area contributed by atoms with E-state index >= 15 is 0 Å². The maximum absolute atomic E-state index is 13.2. The van der Waals surface area contributed by atoms with Gasteiger partial charge in [0, 0.05) is 51.0 Å². The van der Waals surface area contributed by atoms with Crippen molar-refractivity contribution in [2.75, 3.05) is 46.4 Å². The number of piperazine rings is 1. The van der Waals surface area contributed by atoms with E-state index in [1.165, 1.54) is 4.90 Å². The van der Waals surface area contributed by atoms with Gasteiger partial charge in [0.1, 0.15) is 0 Å². The molecule has 2 aliphatic heterocycles. The third kappa shape index (κ3) is 5.36. The number of urea groups is 1. The van der Waals surface area contributed by atoms with E-state index in [0.717, 1.165) is 0 Å². The Bertz CT molecular complexity index is 1180. The summed E-state index contributed by atoms with van der Waals surface area (Å²) in [5.41, 5.74) is 2.01. The molecule has 2 aromatic carbocycles. The second-order valence-electron chi connectivity index (χ2n) is 8.60. The number of hydrogen-bond acceptors (Lipinski definition) is 5. The third-order valence-electron chi connectivity index (χ3n) is 6.42. The van der Waals surface area contributed by atoms with E-state index in [1.807, 2.05) is 35.2 Å². The number of carbonyl (C=O) groups excluding carboxylic acids is 3. The Morgan fingerprint density at radius 1 is 1.03 bits per heavy atom. The molecular formula is C26H28Cl2N4O4. The van der Waals surface area contributed by atoms with Gasteiger partial charge < -0.3 is 15.0 Å². The fraction of sp³-hybridized carbons (Fsp3) is 0.346. The maximum atomic E-state index is 13.2. The SMILES string of the molecule is CCOC(=O)C1=C(CN2CCN(C(=O)c3ccccc3)CC2)N(C)C(=O)NC1c1cccc(Cl)c1Cl. The van der Waals surface area contributed by atoms with Crippen molar-refractivity contribution in [2.24, 2.45) is 0 Å². The maximum Gasteiger partial charge on any atom is 0.338 e. The molecule has 1 N–H and O–H groups in total. The molecule has 4 rings (SSSR count). The van der Waals surface area contributed by atoms with Crippen molar-refractivity contribution in [1.82, 2.24) is 20.0 Å². The van der Waals surface area contributed by atoms with Gasteiger partial charge >= 0.3 is 12.0 Å². The van der Waals surface area contributed by atoms with Crippen LogP contribution in [0, 0.1) is 0 Å². The Hall–Kier alpha value is -3.07. The average Bonchev–Trinajstić information content (AvgIpc) is 2.89. The molecule has 3 amide bonds. The summed E-state index contributed by atoms with van der Waals surface area (Å²) in [5, 5.41) is 3.45. The predicted octanol–water partition coefficient (Wildman–Crippen LogP) is 3.96. The van der Waals surface area contributed by atoms with Gasteiger partial charge in [-0.2, -0.15) is 0 Å². The number of carbonyl (C=O) groups is 3. The Morgan fingerprint density at radius 3 is 2.39 bits per heavy atom. The zero-order valence-electron chi connectivity index (χ0n) is 20.2. The lowest BCUT2D eigenvalue weighted by molar-refractivity contribution is -0.139. The van der Waals surface area contributed by atoms with E-state index in [4.69, 9.17) is 27.9 Å². The minimum Gasteiger partial charge on any atom is -0.463 e. The molecule has 0 spiro atoms. The van der Waals surface area contributed by atoms with Crippen molar-refractivity contribution in [1.29, 1.82) is 0 Å². The number of esters is 1. The third-order valence-corrected chi connectivity index (χ3v) is 7.25. The summed E-state index contributed by atoms with van der Waals surface area (Å²) in [6.45, 7) is 4.51. The summed E-state index contributed by atoms with van der Waals surface area (Å²) >= 11 is 12.7. The molecule has 1 saturated heterocycles. The minimum absolute atomic E-state index is 0.00787. The number of amides is 3. The van der Waals surface area contributed by atoms with E-state index in [0.29, 0.717) is 60.1 Å². The number of likely N-dealkylation sites (N-methyl/N-ethyl adjacent to an activating group) is 1. The Kier molecular flexibility index (Phi) is 8.18. The second-order valence-corrected chi connectivity index (χ2v) is 9.38. The topological polar surface area (TPSA) is 82.2 Å². The van der Waals surface area contributed by atoms with Crippen LogP contribution in [0.5, 0.6) is 0 Å². The summed E-state index contributed by atoms with van der Waals surface area (Å²) in [4.78, 5) is 44.3. The quantitative estimate of drug-likeness (QED) is 0.571. The van der Waals surface area contributed by atoms with Crippen LogP contribution in [0.4, 0.5) is 4.79 Å². The zero-order chi connectivity index (χ0) is 25.8. The molecule has 0 aromatic heterocycles. The van der Waals surface area contributed by atoms with E-state index in [1.54, 1.807) is 32.2 Å². The van der Waals surface area contributed by atoms with Crippen LogP contribution in [-0.2, 0) is 9.53 Å². The lowest BCUT2D eigenvalue weighted by Crippen LogP contribution is -2.53. The van der Waals surface area contributed by atoms with Gasteiger partial charge in [0.2, 0.25) is 0 Å². The van der Waals surface area contributed by atoms with E-state index < -0.39 is 12.0 Å². The smallest absolute Gasteiger partial charge is 0.338 e. The monoisotopic (exact) mass is 530 g/mol. The normalized spacial score (nSPS) is 18.8. The van der Waals surface area contributed by atoms with Crippen molar-refractivity contribution in [3.05, 3.63) is 81.0 Å². The highest BCUT2D eigenvalue weighted by molar-refractivity contribution is 6.42. The molecule has 10 heteroatoms. The molecule has 0 aliphatic carbocycles. The molecule has 0 saturated carbocycles. The molecule has 2 heterocycles. The summed E-state index contributed by atoms with van der Waals surface area (Å²) in [6.07, 6.45) is 0. The lowest BCUT2D eigenvalue weighted by Gasteiger charge is -2.39. The highest BCUT2D eigenvalue weighted by Gasteiger charge is 2.38. The molecule has 36 heavy (non-hydrogen) atoms. The highest BCUT2D eigenvalue weighted by Crippen LogP contribution is 2.37. The van der Waals surface area contributed by atoms with Crippen LogP contribution in [0.3, 0.4) is 0 Å². The number of rotatable bonds is 6. The van der Waals surface area contributed by atoms with Crippen LogP contribution in [0.15, 0.2) is 59.8 Å². The molecule has 2 aliphatic rings. The van der Waals surface area contributed by atoms with Crippen molar-refractivity contribution < 1.29 is 19.1 Å². The summed E-state index contributed by atoms with van der Waals surface area (Å²) in [6, 6.07) is 13.1. The highest BCUT2D eigenvalue weighted by atomic mass is 35.5. The molecule has 0 radical (unpaired) electrons. The van der Waals surface area contributed by atoms with Crippen molar-refractivity contribution in [2.45, 2.75) is 13.0 Å². The number of nitrogens with zero attached hydrogens (tertiary/aromatic N) is 3. The second kappa shape index (κ2) is 11.3. The molecule has 190 valence electrons. The summed E-state index contributed by atoms with van der Waals surface area (Å²) < 4.78 is 5.38. The Balaban J connectivity index is 1.60. The van der Waals surface area contributed by atoms with Crippen molar-refractivity contribution >= 4 is 41.1 Å². The largest absolute Gasteiger partial charge is 0.463 e. The molecular weight excluding hydrogens is 503 g/mol. The van der Waals surface area contributed by atoms with Crippen LogP contribution in [0.25, 0.3) is 0 Å². The first kappa shape index (κ1) is 26.0. The molecule has 1 unspecified atom stereocenters. The Labute approximate surface area is 220 Å². The zero-order valence-corrected chi connectivity index (χ0v) is 21.7. The standard InChI is InChI=1S/C26H28Cl2N4O4/c1-3-36-25(34)21-20(30(2)26(35)29-23(21)18-10-7-11-19(27)22(18)28)16-31-12-14-32(15-13-31)24(33)17-8-5-4-6-9-17/h4-11,23H,3,12-16H2,1-2H3,(H,29,35). The fourth-order valence-corrected chi connectivity index (χ4v) is 4.88. The van der Waals surface area contributed by atoms with Gasteiger partial charge in [0.15, 0.2) is 0 Å². The van der Waals surface area contributed by atoms with Crippen LogP contribution in [-0.4, -0.2) is 79.0 Å². The van der Waals surface area contributed by atoms with Gasteiger partial charge in [-0.05, 0) is 30.7 Å². The molecule has 0 bridgehead atoms. The van der Waals surface area contributed by atoms with Crippen molar-refractivity contribution in [3.63, 3.8) is 0 Å². The number of halogens is 2. The van der Waals surface area contributed by atoms with Gasteiger partial charge in [0.05, 0.1) is 28.3 Å². The molecule has 1 atom stereocenters. The average molecular weight is 531 g/mol. The predicted molar refractivity (Wildman–Crippen MR) is 138 cm³/mol. The number of nitrogens with one attached hydrogen (secondary N) is 1. The first-order chi connectivity index (χ1) is 17.3. The van der Waals surface area contributed by atoms with Gasteiger partial charge in [0.25, 0.3) is 5.91 Å².